The fourth-order valence-corrected chi connectivity index (χ4v) is 3.02. The zero-order chi connectivity index (χ0) is 17.8. The second-order valence-electron chi connectivity index (χ2n) is 5.98. The summed E-state index contributed by atoms with van der Waals surface area (Å²) in [5.41, 5.74) is 1.49. The number of anilines is 2. The minimum atomic E-state index is -0.324. The van der Waals surface area contributed by atoms with Crippen LogP contribution in [0.25, 0.3) is 0 Å². The third kappa shape index (κ3) is 3.87. The van der Waals surface area contributed by atoms with Crippen molar-refractivity contribution in [3.63, 3.8) is 0 Å². The highest BCUT2D eigenvalue weighted by Crippen LogP contribution is 2.22. The average Bonchev–Trinajstić information content (AvgIpc) is 2.61. The molecule has 0 unspecified atom stereocenters. The number of carbonyl (C=O) groups is 1. The number of aryl methyl sites for hydroxylation is 2. The van der Waals surface area contributed by atoms with Crippen molar-refractivity contribution in [2.45, 2.75) is 20.8 Å². The third-order valence-electron chi connectivity index (χ3n) is 4.14. The second-order valence-corrected chi connectivity index (χ2v) is 5.98. The van der Waals surface area contributed by atoms with Gasteiger partial charge in [0, 0.05) is 44.1 Å². The Morgan fingerprint density at radius 3 is 2.56 bits per heavy atom. The van der Waals surface area contributed by atoms with Crippen LogP contribution in [0, 0.1) is 13.8 Å². The van der Waals surface area contributed by atoms with Crippen molar-refractivity contribution >= 4 is 17.6 Å². The van der Waals surface area contributed by atoms with Gasteiger partial charge in [0.15, 0.2) is 0 Å². The van der Waals surface area contributed by atoms with Crippen molar-refractivity contribution in [2.24, 2.45) is 0 Å². The van der Waals surface area contributed by atoms with E-state index >= 15 is 0 Å². The molecule has 1 saturated heterocycles. The molecule has 1 aliphatic heterocycles. The predicted molar refractivity (Wildman–Crippen MR) is 96.1 cm³/mol. The van der Waals surface area contributed by atoms with Gasteiger partial charge < -0.3 is 14.5 Å². The van der Waals surface area contributed by atoms with E-state index in [4.69, 9.17) is 4.74 Å². The molecule has 0 N–H and O–H groups in total. The largest absolute Gasteiger partial charge is 0.462 e. The number of pyridine rings is 1. The molecule has 3 heterocycles. The molecule has 2 aromatic rings. The first-order valence-corrected chi connectivity index (χ1v) is 8.53. The van der Waals surface area contributed by atoms with Gasteiger partial charge in [0.05, 0.1) is 6.61 Å². The number of carbonyl (C=O) groups excluding carboxylic acids is 1. The van der Waals surface area contributed by atoms with Crippen molar-refractivity contribution in [3.05, 3.63) is 41.5 Å². The molecule has 0 aromatic carbocycles. The quantitative estimate of drug-likeness (QED) is 0.788. The van der Waals surface area contributed by atoms with Crippen molar-refractivity contribution in [3.8, 4) is 0 Å². The summed E-state index contributed by atoms with van der Waals surface area (Å²) in [5.74, 6) is 2.11. The molecule has 1 aliphatic rings. The van der Waals surface area contributed by atoms with Crippen molar-refractivity contribution in [2.75, 3.05) is 42.6 Å². The molecule has 25 heavy (non-hydrogen) atoms. The van der Waals surface area contributed by atoms with Gasteiger partial charge in [-0.05, 0) is 32.9 Å². The van der Waals surface area contributed by atoms with E-state index in [9.17, 15) is 4.79 Å². The van der Waals surface area contributed by atoms with Gasteiger partial charge in [-0.2, -0.15) is 0 Å². The summed E-state index contributed by atoms with van der Waals surface area (Å²) in [7, 11) is 0. The van der Waals surface area contributed by atoms with Crippen molar-refractivity contribution in [1.29, 1.82) is 0 Å². The molecule has 0 atom stereocenters. The minimum Gasteiger partial charge on any atom is -0.462 e. The van der Waals surface area contributed by atoms with Crippen LogP contribution in [0.4, 0.5) is 11.6 Å². The predicted octanol–water partition coefficient (Wildman–Crippen LogP) is 1.99. The van der Waals surface area contributed by atoms with E-state index < -0.39 is 0 Å². The van der Waals surface area contributed by atoms with Crippen LogP contribution in [0.1, 0.15) is 28.8 Å². The third-order valence-corrected chi connectivity index (χ3v) is 4.14. The normalized spacial score (nSPS) is 14.5. The molecule has 132 valence electrons. The molecule has 0 saturated carbocycles. The number of ether oxygens (including phenoxy) is 1. The van der Waals surface area contributed by atoms with Crippen LogP contribution in [-0.4, -0.2) is 53.7 Å². The molecule has 7 heteroatoms. The highest BCUT2D eigenvalue weighted by Gasteiger charge is 2.24. The molecular formula is C18H23N5O2. The summed E-state index contributed by atoms with van der Waals surface area (Å²) in [4.78, 5) is 29.8. The van der Waals surface area contributed by atoms with Crippen molar-refractivity contribution in [1.82, 2.24) is 15.0 Å². The highest BCUT2D eigenvalue weighted by atomic mass is 16.5. The van der Waals surface area contributed by atoms with Crippen LogP contribution >= 0.6 is 0 Å². The summed E-state index contributed by atoms with van der Waals surface area (Å²) >= 11 is 0. The van der Waals surface area contributed by atoms with Gasteiger partial charge in [-0.1, -0.05) is 0 Å². The molecular weight excluding hydrogens is 318 g/mol. The topological polar surface area (TPSA) is 71.5 Å². The summed E-state index contributed by atoms with van der Waals surface area (Å²) < 4.78 is 5.14. The zero-order valence-corrected chi connectivity index (χ0v) is 14.9. The molecule has 3 rings (SSSR count). The maximum absolute atomic E-state index is 12.2. The number of esters is 1. The molecule has 7 nitrogen and oxygen atoms in total. The van der Waals surface area contributed by atoms with Crippen LogP contribution in [-0.2, 0) is 4.74 Å². The van der Waals surface area contributed by atoms with E-state index in [0.717, 1.165) is 43.5 Å². The van der Waals surface area contributed by atoms with E-state index in [1.807, 2.05) is 19.9 Å². The number of aromatic nitrogens is 3. The monoisotopic (exact) mass is 341 g/mol. The number of nitrogens with zero attached hydrogens (tertiary/aromatic N) is 5. The fourth-order valence-electron chi connectivity index (χ4n) is 3.02. The lowest BCUT2D eigenvalue weighted by Crippen LogP contribution is -2.47. The van der Waals surface area contributed by atoms with E-state index in [0.29, 0.717) is 18.0 Å². The van der Waals surface area contributed by atoms with Gasteiger partial charge in [0.2, 0.25) is 0 Å². The van der Waals surface area contributed by atoms with E-state index in [1.54, 1.807) is 25.3 Å². The van der Waals surface area contributed by atoms with Gasteiger partial charge in [-0.25, -0.2) is 19.7 Å². The SMILES string of the molecule is CCOC(=O)c1cccnc1N1CCN(c2cc(C)nc(C)n2)CC1. The molecule has 1 fully saturated rings. The first-order chi connectivity index (χ1) is 12.1. The fraction of sp³-hybridized carbons (Fsp3) is 0.444. The van der Waals surface area contributed by atoms with Gasteiger partial charge in [-0.3, -0.25) is 0 Å². The molecule has 0 aliphatic carbocycles. The van der Waals surface area contributed by atoms with Crippen molar-refractivity contribution < 1.29 is 9.53 Å². The van der Waals surface area contributed by atoms with Crippen LogP contribution in [0.3, 0.4) is 0 Å². The molecule has 0 radical (unpaired) electrons. The number of hydrogen-bond donors (Lipinski definition) is 0. The van der Waals surface area contributed by atoms with E-state index in [1.165, 1.54) is 0 Å². The molecule has 2 aromatic heterocycles. The Bertz CT molecular complexity index is 737. The Kier molecular flexibility index (Phi) is 5.11. The minimum absolute atomic E-state index is 0.324. The van der Waals surface area contributed by atoms with E-state index in [-0.39, 0.29) is 5.97 Å². The Hall–Kier alpha value is -2.70. The van der Waals surface area contributed by atoms with Crippen LogP contribution in [0.2, 0.25) is 0 Å². The standard InChI is InChI=1S/C18H23N5O2/c1-4-25-18(24)15-6-5-7-19-17(15)23-10-8-22(9-11-23)16-12-13(2)20-14(3)21-16/h5-7,12H,4,8-11H2,1-3H3. The Labute approximate surface area is 147 Å². The second kappa shape index (κ2) is 7.46. The van der Waals surface area contributed by atoms with Gasteiger partial charge >= 0.3 is 5.97 Å². The maximum Gasteiger partial charge on any atom is 0.341 e. The number of hydrogen-bond acceptors (Lipinski definition) is 7. The summed E-state index contributed by atoms with van der Waals surface area (Å²) in [5, 5.41) is 0. The van der Waals surface area contributed by atoms with Crippen LogP contribution < -0.4 is 9.80 Å². The Morgan fingerprint density at radius 1 is 1.16 bits per heavy atom. The summed E-state index contributed by atoms with van der Waals surface area (Å²) in [6, 6.07) is 5.54. The first-order valence-electron chi connectivity index (χ1n) is 8.53. The number of piperazine rings is 1. The maximum atomic E-state index is 12.2. The first kappa shape index (κ1) is 17.1. The van der Waals surface area contributed by atoms with Gasteiger partial charge in [0.1, 0.15) is 23.0 Å². The lowest BCUT2D eigenvalue weighted by molar-refractivity contribution is 0.0526. The van der Waals surface area contributed by atoms with Gasteiger partial charge in [-0.15, -0.1) is 0 Å². The average molecular weight is 341 g/mol. The molecule has 0 amide bonds. The summed E-state index contributed by atoms with van der Waals surface area (Å²) in [6.07, 6.45) is 1.71. The van der Waals surface area contributed by atoms with Gasteiger partial charge in [0.25, 0.3) is 0 Å². The highest BCUT2D eigenvalue weighted by molar-refractivity contribution is 5.94. The summed E-state index contributed by atoms with van der Waals surface area (Å²) in [6.45, 7) is 9.21. The van der Waals surface area contributed by atoms with Crippen LogP contribution in [0.5, 0.6) is 0 Å². The lowest BCUT2D eigenvalue weighted by Gasteiger charge is -2.36. The lowest BCUT2D eigenvalue weighted by atomic mass is 10.2. The zero-order valence-electron chi connectivity index (χ0n) is 14.9. The number of rotatable bonds is 4. The molecule has 0 spiro atoms. The Balaban J connectivity index is 1.73. The van der Waals surface area contributed by atoms with E-state index in [2.05, 4.69) is 24.8 Å². The Morgan fingerprint density at radius 2 is 1.88 bits per heavy atom. The molecule has 0 bridgehead atoms. The smallest absolute Gasteiger partial charge is 0.341 e. The van der Waals surface area contributed by atoms with Crippen LogP contribution in [0.15, 0.2) is 24.4 Å².